The van der Waals surface area contributed by atoms with Crippen LogP contribution in [0, 0.1) is 11.8 Å². The number of hydrogen-bond acceptors (Lipinski definition) is 3. The van der Waals surface area contributed by atoms with Crippen molar-refractivity contribution >= 4 is 11.9 Å². The molecule has 90 valence electrons. The third-order valence-electron chi connectivity index (χ3n) is 3.83. The average Bonchev–Trinajstić information content (AvgIpc) is 2.63. The number of carbonyl (C=O) groups excluding carboxylic acids is 2. The molecule has 0 spiro atoms. The fraction of sp³-hybridized carbons (Fsp3) is 0.846. The predicted octanol–water partition coefficient (Wildman–Crippen LogP) is 2.83. The molecule has 0 aromatic rings. The molecule has 0 aromatic heterocycles. The normalized spacial score (nSPS) is 32.8. The van der Waals surface area contributed by atoms with E-state index in [9.17, 15) is 9.59 Å². The summed E-state index contributed by atoms with van der Waals surface area (Å²) in [5, 5.41) is 0. The van der Waals surface area contributed by atoms with Crippen molar-refractivity contribution in [1.29, 1.82) is 0 Å². The van der Waals surface area contributed by atoms with Crippen LogP contribution in [-0.4, -0.2) is 11.9 Å². The summed E-state index contributed by atoms with van der Waals surface area (Å²) in [6.45, 7) is 0. The summed E-state index contributed by atoms with van der Waals surface area (Å²) in [6, 6.07) is 0. The smallest absolute Gasteiger partial charge is 0.313 e. The summed E-state index contributed by atoms with van der Waals surface area (Å²) in [4.78, 5) is 22.7. The fourth-order valence-corrected chi connectivity index (χ4v) is 2.96. The maximum atomic E-state index is 11.5. The van der Waals surface area contributed by atoms with Gasteiger partial charge in [-0.1, -0.05) is 25.7 Å². The van der Waals surface area contributed by atoms with Crippen LogP contribution in [0.4, 0.5) is 0 Å². The highest BCUT2D eigenvalue weighted by atomic mass is 16.6. The zero-order valence-corrected chi connectivity index (χ0v) is 9.74. The van der Waals surface area contributed by atoms with E-state index in [0.717, 1.165) is 31.6 Å². The van der Waals surface area contributed by atoms with Gasteiger partial charge in [-0.15, -0.1) is 0 Å². The molecule has 2 aliphatic rings. The summed E-state index contributed by atoms with van der Waals surface area (Å²) >= 11 is 0. The minimum Gasteiger partial charge on any atom is -0.393 e. The van der Waals surface area contributed by atoms with E-state index in [1.165, 1.54) is 19.3 Å². The van der Waals surface area contributed by atoms with Gasteiger partial charge in [0.1, 0.15) is 0 Å². The summed E-state index contributed by atoms with van der Waals surface area (Å²) < 4.78 is 4.80. The lowest BCUT2D eigenvalue weighted by molar-refractivity contribution is -0.160. The first-order valence-electron chi connectivity index (χ1n) is 6.47. The van der Waals surface area contributed by atoms with Gasteiger partial charge in [0.2, 0.25) is 0 Å². The number of rotatable bonds is 0. The van der Waals surface area contributed by atoms with Gasteiger partial charge in [-0.3, -0.25) is 9.59 Å². The molecule has 0 radical (unpaired) electrons. The Balaban J connectivity index is 1.91. The number of carbonyl (C=O) groups is 2. The van der Waals surface area contributed by atoms with Gasteiger partial charge in [-0.05, 0) is 31.1 Å². The lowest BCUT2D eigenvalue weighted by atomic mass is 9.96. The van der Waals surface area contributed by atoms with Crippen molar-refractivity contribution in [2.24, 2.45) is 11.8 Å². The van der Waals surface area contributed by atoms with Gasteiger partial charge >= 0.3 is 11.9 Å². The average molecular weight is 224 g/mol. The lowest BCUT2D eigenvalue weighted by Gasteiger charge is -2.12. The van der Waals surface area contributed by atoms with Gasteiger partial charge in [-0.2, -0.15) is 0 Å². The molecule has 3 nitrogen and oxygen atoms in total. The van der Waals surface area contributed by atoms with Gasteiger partial charge in [0.05, 0.1) is 0 Å². The molecule has 0 N–H and O–H groups in total. The zero-order valence-electron chi connectivity index (χ0n) is 9.74. The molecule has 1 aliphatic carbocycles. The van der Waals surface area contributed by atoms with Crippen LogP contribution in [0.5, 0.6) is 0 Å². The molecule has 0 amide bonds. The summed E-state index contributed by atoms with van der Waals surface area (Å²) in [5.74, 6) is 0.633. The molecule has 0 aromatic carbocycles. The Hall–Kier alpha value is -0.860. The second-order valence-electron chi connectivity index (χ2n) is 5.19. The Morgan fingerprint density at radius 3 is 2.56 bits per heavy atom. The molecule has 1 aliphatic heterocycles. The van der Waals surface area contributed by atoms with Gasteiger partial charge in [-0.25, -0.2) is 0 Å². The summed E-state index contributed by atoms with van der Waals surface area (Å²) in [7, 11) is 0. The van der Waals surface area contributed by atoms with Crippen molar-refractivity contribution in [2.45, 2.75) is 57.8 Å². The molecule has 2 unspecified atom stereocenters. The predicted molar refractivity (Wildman–Crippen MR) is 59.6 cm³/mol. The Bertz CT molecular complexity index is 272. The summed E-state index contributed by atoms with van der Waals surface area (Å²) in [6.07, 6.45) is 8.84. The SMILES string of the molecule is O=C1CCCCCC2CCC(CC(=O)O1)C2. The van der Waals surface area contributed by atoms with Crippen LogP contribution in [0.25, 0.3) is 0 Å². The van der Waals surface area contributed by atoms with Crippen LogP contribution in [0.1, 0.15) is 57.8 Å². The standard InChI is InChI=1S/C13H20O3/c14-12-5-3-1-2-4-10-6-7-11(8-10)9-13(15)16-12/h10-11H,1-9H2. The van der Waals surface area contributed by atoms with Crippen molar-refractivity contribution in [2.75, 3.05) is 0 Å². The van der Waals surface area contributed by atoms with Gasteiger partial charge in [0.15, 0.2) is 0 Å². The van der Waals surface area contributed by atoms with E-state index in [1.54, 1.807) is 0 Å². The largest absolute Gasteiger partial charge is 0.393 e. The number of hydrogen-bond donors (Lipinski definition) is 0. The molecular formula is C13H20O3. The number of esters is 2. The Kier molecular flexibility index (Phi) is 3.97. The van der Waals surface area contributed by atoms with Crippen molar-refractivity contribution < 1.29 is 14.3 Å². The third-order valence-corrected chi connectivity index (χ3v) is 3.83. The molecule has 2 bridgehead atoms. The topological polar surface area (TPSA) is 43.4 Å². The summed E-state index contributed by atoms with van der Waals surface area (Å²) in [5.41, 5.74) is 0. The van der Waals surface area contributed by atoms with E-state index in [2.05, 4.69) is 0 Å². The first-order valence-corrected chi connectivity index (χ1v) is 6.47. The van der Waals surface area contributed by atoms with Gasteiger partial charge < -0.3 is 4.74 Å². The number of ether oxygens (including phenoxy) is 1. The van der Waals surface area contributed by atoms with E-state index in [4.69, 9.17) is 4.74 Å². The van der Waals surface area contributed by atoms with Crippen LogP contribution in [0.15, 0.2) is 0 Å². The van der Waals surface area contributed by atoms with Crippen molar-refractivity contribution in [1.82, 2.24) is 0 Å². The van der Waals surface area contributed by atoms with Crippen LogP contribution < -0.4 is 0 Å². The van der Waals surface area contributed by atoms with Crippen LogP contribution in [0.2, 0.25) is 0 Å². The van der Waals surface area contributed by atoms with E-state index in [-0.39, 0.29) is 11.9 Å². The maximum absolute atomic E-state index is 11.5. The molecular weight excluding hydrogens is 204 g/mol. The van der Waals surface area contributed by atoms with Crippen LogP contribution in [-0.2, 0) is 14.3 Å². The first kappa shape index (κ1) is 11.6. The second-order valence-corrected chi connectivity index (χ2v) is 5.19. The molecule has 1 saturated carbocycles. The van der Waals surface area contributed by atoms with Gasteiger partial charge in [0.25, 0.3) is 0 Å². The third kappa shape index (κ3) is 3.32. The highest BCUT2D eigenvalue weighted by Gasteiger charge is 2.27. The zero-order chi connectivity index (χ0) is 11.4. The molecule has 3 heteroatoms. The molecule has 16 heavy (non-hydrogen) atoms. The lowest BCUT2D eigenvalue weighted by Crippen LogP contribution is -2.15. The minimum absolute atomic E-state index is 0.309. The van der Waals surface area contributed by atoms with E-state index in [0.29, 0.717) is 18.8 Å². The van der Waals surface area contributed by atoms with E-state index < -0.39 is 0 Å². The highest BCUT2D eigenvalue weighted by molar-refractivity contribution is 5.85. The monoisotopic (exact) mass is 224 g/mol. The Labute approximate surface area is 96.5 Å². The quantitative estimate of drug-likeness (QED) is 0.469. The van der Waals surface area contributed by atoms with Crippen LogP contribution in [0.3, 0.4) is 0 Å². The minimum atomic E-state index is -0.333. The molecule has 2 atom stereocenters. The molecule has 1 heterocycles. The second kappa shape index (κ2) is 5.46. The Morgan fingerprint density at radius 2 is 1.69 bits per heavy atom. The maximum Gasteiger partial charge on any atom is 0.313 e. The highest BCUT2D eigenvalue weighted by Crippen LogP contribution is 2.36. The molecule has 1 saturated heterocycles. The number of fused-ring (bicyclic) bond motifs is 2. The van der Waals surface area contributed by atoms with Crippen LogP contribution >= 0.6 is 0 Å². The van der Waals surface area contributed by atoms with E-state index in [1.807, 2.05) is 0 Å². The molecule has 2 rings (SSSR count). The van der Waals surface area contributed by atoms with Crippen molar-refractivity contribution in [3.8, 4) is 0 Å². The van der Waals surface area contributed by atoms with Crippen molar-refractivity contribution in [3.05, 3.63) is 0 Å². The van der Waals surface area contributed by atoms with Gasteiger partial charge in [0, 0.05) is 12.8 Å². The van der Waals surface area contributed by atoms with E-state index >= 15 is 0 Å². The van der Waals surface area contributed by atoms with Crippen molar-refractivity contribution in [3.63, 3.8) is 0 Å². The Morgan fingerprint density at radius 1 is 0.875 bits per heavy atom. The molecule has 2 fully saturated rings. The first-order chi connectivity index (χ1) is 7.74. The number of cyclic esters (lactones) is 2. The fourth-order valence-electron chi connectivity index (χ4n) is 2.96.